The van der Waals surface area contributed by atoms with Crippen LogP contribution in [0.2, 0.25) is 5.02 Å². The van der Waals surface area contributed by atoms with Gasteiger partial charge in [0, 0.05) is 16.0 Å². The van der Waals surface area contributed by atoms with E-state index in [9.17, 15) is 9.59 Å². The number of esters is 1. The SMILES string of the molecule is CCOC(=O)C1=C(CBr)NC(=O)NC1c1ccccc1Cl. The van der Waals surface area contributed by atoms with Crippen molar-refractivity contribution in [3.05, 3.63) is 46.1 Å². The Bertz CT molecular complexity index is 604. The van der Waals surface area contributed by atoms with Crippen LogP contribution in [0.1, 0.15) is 18.5 Å². The Morgan fingerprint density at radius 3 is 2.76 bits per heavy atom. The van der Waals surface area contributed by atoms with Crippen LogP contribution in [0, 0.1) is 0 Å². The Hall–Kier alpha value is -1.53. The second kappa shape index (κ2) is 6.95. The van der Waals surface area contributed by atoms with Crippen molar-refractivity contribution in [1.29, 1.82) is 0 Å². The molecule has 1 aliphatic heterocycles. The largest absolute Gasteiger partial charge is 0.463 e. The van der Waals surface area contributed by atoms with E-state index in [4.69, 9.17) is 16.3 Å². The number of amides is 2. The summed E-state index contributed by atoms with van der Waals surface area (Å²) in [7, 11) is 0. The van der Waals surface area contributed by atoms with E-state index < -0.39 is 12.0 Å². The van der Waals surface area contributed by atoms with Crippen LogP contribution in [-0.4, -0.2) is 23.9 Å². The van der Waals surface area contributed by atoms with Crippen LogP contribution in [0.4, 0.5) is 4.79 Å². The first-order valence-corrected chi connectivity index (χ1v) is 7.86. The molecule has 1 aromatic rings. The fourth-order valence-corrected chi connectivity index (χ4v) is 2.80. The predicted molar refractivity (Wildman–Crippen MR) is 83.3 cm³/mol. The van der Waals surface area contributed by atoms with Gasteiger partial charge < -0.3 is 15.4 Å². The lowest BCUT2D eigenvalue weighted by molar-refractivity contribution is -0.139. The molecule has 0 bridgehead atoms. The number of halogens is 2. The van der Waals surface area contributed by atoms with Gasteiger partial charge in [-0.25, -0.2) is 9.59 Å². The third-order valence-electron chi connectivity index (χ3n) is 3.00. The number of nitrogens with one attached hydrogen (secondary N) is 2. The Balaban J connectivity index is 2.52. The summed E-state index contributed by atoms with van der Waals surface area (Å²) in [6, 6.07) is 6.03. The standard InChI is InChI=1S/C14H14BrClN2O3/c1-2-21-13(19)11-10(7-15)17-14(20)18-12(11)8-5-3-4-6-9(8)16/h3-6,12H,2,7H2,1H3,(H2,17,18,20). The second-order valence-electron chi connectivity index (χ2n) is 4.30. The summed E-state index contributed by atoms with van der Waals surface area (Å²) in [5.74, 6) is -0.482. The van der Waals surface area contributed by atoms with Crippen LogP contribution in [-0.2, 0) is 9.53 Å². The smallest absolute Gasteiger partial charge is 0.338 e. The normalized spacial score (nSPS) is 18.0. The minimum atomic E-state index is -0.640. The highest BCUT2D eigenvalue weighted by molar-refractivity contribution is 9.09. The topological polar surface area (TPSA) is 67.4 Å². The Morgan fingerprint density at radius 2 is 2.14 bits per heavy atom. The number of benzene rings is 1. The highest BCUT2D eigenvalue weighted by Gasteiger charge is 2.34. The van der Waals surface area contributed by atoms with Gasteiger partial charge in [-0.3, -0.25) is 0 Å². The maximum absolute atomic E-state index is 12.2. The molecule has 2 N–H and O–H groups in total. The molecule has 2 rings (SSSR count). The molecule has 1 heterocycles. The molecule has 21 heavy (non-hydrogen) atoms. The summed E-state index contributed by atoms with van der Waals surface area (Å²) in [5.41, 5.74) is 1.47. The zero-order valence-corrected chi connectivity index (χ0v) is 13.6. The number of carbonyl (C=O) groups excluding carboxylic acids is 2. The molecule has 112 valence electrons. The van der Waals surface area contributed by atoms with Crippen molar-refractivity contribution in [2.45, 2.75) is 13.0 Å². The summed E-state index contributed by atoms with van der Waals surface area (Å²) in [5, 5.41) is 6.13. The molecule has 0 radical (unpaired) electrons. The van der Waals surface area contributed by atoms with E-state index >= 15 is 0 Å². The molecule has 0 spiro atoms. The van der Waals surface area contributed by atoms with Crippen LogP contribution >= 0.6 is 27.5 Å². The number of hydrogen-bond acceptors (Lipinski definition) is 3. The van der Waals surface area contributed by atoms with E-state index in [2.05, 4.69) is 26.6 Å². The Morgan fingerprint density at radius 1 is 1.43 bits per heavy atom. The molecule has 1 aliphatic rings. The van der Waals surface area contributed by atoms with Crippen molar-refractivity contribution >= 4 is 39.5 Å². The molecule has 1 unspecified atom stereocenters. The maximum atomic E-state index is 12.2. The first kappa shape index (κ1) is 15.9. The van der Waals surface area contributed by atoms with E-state index in [1.54, 1.807) is 31.2 Å². The Labute approximate surface area is 135 Å². The predicted octanol–water partition coefficient (Wildman–Crippen LogP) is 2.91. The molecule has 1 aromatic carbocycles. The lowest BCUT2D eigenvalue weighted by Gasteiger charge is -2.29. The van der Waals surface area contributed by atoms with Crippen LogP contribution in [0.3, 0.4) is 0 Å². The average molecular weight is 374 g/mol. The van der Waals surface area contributed by atoms with Crippen molar-refractivity contribution in [3.8, 4) is 0 Å². The van der Waals surface area contributed by atoms with E-state index in [0.717, 1.165) is 0 Å². The first-order valence-electron chi connectivity index (χ1n) is 6.36. The molecular weight excluding hydrogens is 360 g/mol. The molecule has 0 aliphatic carbocycles. The number of alkyl halides is 1. The molecule has 2 amide bonds. The quantitative estimate of drug-likeness (QED) is 0.630. The third kappa shape index (κ3) is 3.39. The minimum absolute atomic E-state index is 0.251. The fraction of sp³-hybridized carbons (Fsp3) is 0.286. The van der Waals surface area contributed by atoms with Gasteiger partial charge in [-0.05, 0) is 18.6 Å². The minimum Gasteiger partial charge on any atom is -0.463 e. The lowest BCUT2D eigenvalue weighted by Crippen LogP contribution is -2.46. The van der Waals surface area contributed by atoms with Crippen LogP contribution in [0.15, 0.2) is 35.5 Å². The number of ether oxygens (including phenoxy) is 1. The van der Waals surface area contributed by atoms with Crippen molar-refractivity contribution in [2.24, 2.45) is 0 Å². The van der Waals surface area contributed by atoms with Crippen LogP contribution in [0.5, 0.6) is 0 Å². The highest BCUT2D eigenvalue weighted by atomic mass is 79.9. The molecule has 0 saturated heterocycles. The van der Waals surface area contributed by atoms with Crippen molar-refractivity contribution < 1.29 is 14.3 Å². The van der Waals surface area contributed by atoms with Gasteiger partial charge in [0.1, 0.15) is 0 Å². The van der Waals surface area contributed by atoms with E-state index in [1.165, 1.54) is 0 Å². The third-order valence-corrected chi connectivity index (χ3v) is 3.90. The zero-order valence-electron chi connectivity index (χ0n) is 11.3. The monoisotopic (exact) mass is 372 g/mol. The number of urea groups is 1. The van der Waals surface area contributed by atoms with Gasteiger partial charge in [0.15, 0.2) is 0 Å². The first-order chi connectivity index (χ1) is 10.1. The number of rotatable bonds is 4. The van der Waals surface area contributed by atoms with Gasteiger partial charge in [0.05, 0.1) is 18.2 Å². The molecule has 5 nitrogen and oxygen atoms in total. The van der Waals surface area contributed by atoms with E-state index in [1.807, 2.05) is 0 Å². The summed E-state index contributed by atoms with van der Waals surface area (Å²) in [4.78, 5) is 24.0. The summed E-state index contributed by atoms with van der Waals surface area (Å²) < 4.78 is 5.09. The Kier molecular flexibility index (Phi) is 5.25. The van der Waals surface area contributed by atoms with Crippen molar-refractivity contribution in [3.63, 3.8) is 0 Å². The lowest BCUT2D eigenvalue weighted by atomic mass is 9.95. The molecular formula is C14H14BrClN2O3. The van der Waals surface area contributed by atoms with Crippen molar-refractivity contribution in [2.75, 3.05) is 11.9 Å². The van der Waals surface area contributed by atoms with E-state index in [-0.39, 0.29) is 12.6 Å². The highest BCUT2D eigenvalue weighted by Crippen LogP contribution is 2.32. The summed E-state index contributed by atoms with van der Waals surface area (Å²) in [6.45, 7) is 1.98. The van der Waals surface area contributed by atoms with Gasteiger partial charge in [0.2, 0.25) is 0 Å². The molecule has 7 heteroatoms. The van der Waals surface area contributed by atoms with Crippen molar-refractivity contribution in [1.82, 2.24) is 10.6 Å². The van der Waals surface area contributed by atoms with Gasteiger partial charge in [-0.15, -0.1) is 0 Å². The van der Waals surface area contributed by atoms with E-state index in [0.29, 0.717) is 27.2 Å². The van der Waals surface area contributed by atoms with Gasteiger partial charge in [-0.1, -0.05) is 45.7 Å². The number of allylic oxidation sites excluding steroid dienone is 1. The summed E-state index contributed by atoms with van der Waals surface area (Å²) >= 11 is 9.46. The maximum Gasteiger partial charge on any atom is 0.338 e. The molecule has 0 saturated carbocycles. The second-order valence-corrected chi connectivity index (χ2v) is 5.27. The van der Waals surface area contributed by atoms with Crippen LogP contribution in [0.25, 0.3) is 0 Å². The number of hydrogen-bond donors (Lipinski definition) is 2. The molecule has 0 aromatic heterocycles. The zero-order chi connectivity index (χ0) is 15.4. The molecule has 0 fully saturated rings. The summed E-state index contributed by atoms with van der Waals surface area (Å²) in [6.07, 6.45) is 0. The van der Waals surface area contributed by atoms with Gasteiger partial charge in [-0.2, -0.15) is 0 Å². The number of carbonyl (C=O) groups is 2. The van der Waals surface area contributed by atoms with Gasteiger partial charge in [0.25, 0.3) is 0 Å². The van der Waals surface area contributed by atoms with Crippen LogP contribution < -0.4 is 10.6 Å². The van der Waals surface area contributed by atoms with Gasteiger partial charge >= 0.3 is 12.0 Å². The fourth-order valence-electron chi connectivity index (χ4n) is 2.12. The molecule has 1 atom stereocenters. The average Bonchev–Trinajstić information content (AvgIpc) is 2.46.